The van der Waals surface area contributed by atoms with Crippen LogP contribution in [0.5, 0.6) is 0 Å². The Morgan fingerprint density at radius 1 is 1.32 bits per heavy atom. The molecule has 0 atom stereocenters. The lowest BCUT2D eigenvalue weighted by molar-refractivity contribution is 0.222. The zero-order valence-electron chi connectivity index (χ0n) is 11.9. The minimum absolute atomic E-state index is 0.359. The van der Waals surface area contributed by atoms with Gasteiger partial charge in [0.05, 0.1) is 16.6 Å². The monoisotopic (exact) mass is 300 g/mol. The SMILES string of the molecule is CN(c1ccc(Cl)c(CCl)n1)C1CCC(C)(C)CC1. The van der Waals surface area contributed by atoms with Crippen LogP contribution in [0.1, 0.15) is 45.2 Å². The Kier molecular flexibility index (Phi) is 4.62. The van der Waals surface area contributed by atoms with Crippen molar-refractivity contribution in [1.82, 2.24) is 4.98 Å². The summed E-state index contributed by atoms with van der Waals surface area (Å²) < 4.78 is 0. The molecule has 0 bridgehead atoms. The van der Waals surface area contributed by atoms with Crippen molar-refractivity contribution in [2.24, 2.45) is 5.41 Å². The van der Waals surface area contributed by atoms with Gasteiger partial charge < -0.3 is 4.90 Å². The lowest BCUT2D eigenvalue weighted by Gasteiger charge is -2.39. The maximum atomic E-state index is 6.06. The van der Waals surface area contributed by atoms with E-state index >= 15 is 0 Å². The van der Waals surface area contributed by atoms with Gasteiger partial charge in [-0.1, -0.05) is 25.4 Å². The van der Waals surface area contributed by atoms with Crippen molar-refractivity contribution < 1.29 is 0 Å². The topological polar surface area (TPSA) is 16.1 Å². The Labute approximate surface area is 126 Å². The van der Waals surface area contributed by atoms with Crippen molar-refractivity contribution in [2.75, 3.05) is 11.9 Å². The fourth-order valence-corrected chi connectivity index (χ4v) is 3.17. The molecule has 19 heavy (non-hydrogen) atoms. The number of nitrogens with zero attached hydrogens (tertiary/aromatic N) is 2. The predicted molar refractivity (Wildman–Crippen MR) is 83.2 cm³/mol. The van der Waals surface area contributed by atoms with E-state index in [1.807, 2.05) is 12.1 Å². The molecule has 106 valence electrons. The van der Waals surface area contributed by atoms with Crippen molar-refractivity contribution in [3.05, 3.63) is 22.8 Å². The number of aromatic nitrogens is 1. The summed E-state index contributed by atoms with van der Waals surface area (Å²) in [6, 6.07) is 4.45. The quantitative estimate of drug-likeness (QED) is 0.740. The molecule has 1 aromatic heterocycles. The first kappa shape index (κ1) is 14.9. The summed E-state index contributed by atoms with van der Waals surface area (Å²) in [5.74, 6) is 1.34. The van der Waals surface area contributed by atoms with Crippen LogP contribution in [0.2, 0.25) is 5.02 Å². The highest BCUT2D eigenvalue weighted by Gasteiger charge is 2.29. The van der Waals surface area contributed by atoms with Crippen LogP contribution in [0.15, 0.2) is 12.1 Å². The van der Waals surface area contributed by atoms with E-state index < -0.39 is 0 Å². The van der Waals surface area contributed by atoms with Gasteiger partial charge in [0.1, 0.15) is 5.82 Å². The molecule has 1 aliphatic rings. The average molecular weight is 301 g/mol. The Morgan fingerprint density at radius 2 is 1.95 bits per heavy atom. The van der Waals surface area contributed by atoms with Crippen molar-refractivity contribution in [3.63, 3.8) is 0 Å². The normalized spacial score (nSPS) is 19.4. The highest BCUT2D eigenvalue weighted by atomic mass is 35.5. The summed E-state index contributed by atoms with van der Waals surface area (Å²) >= 11 is 11.9. The van der Waals surface area contributed by atoms with Gasteiger partial charge in [-0.05, 0) is 43.2 Å². The van der Waals surface area contributed by atoms with E-state index in [0.717, 1.165) is 11.5 Å². The van der Waals surface area contributed by atoms with E-state index in [1.165, 1.54) is 25.7 Å². The minimum Gasteiger partial charge on any atom is -0.357 e. The van der Waals surface area contributed by atoms with Gasteiger partial charge in [-0.25, -0.2) is 4.98 Å². The van der Waals surface area contributed by atoms with Crippen LogP contribution in [-0.2, 0) is 5.88 Å². The molecule has 2 nitrogen and oxygen atoms in total. The fraction of sp³-hybridized carbons (Fsp3) is 0.667. The molecule has 0 aliphatic heterocycles. The summed E-state index contributed by atoms with van der Waals surface area (Å²) in [6.45, 7) is 4.71. The molecule has 1 saturated carbocycles. The first-order valence-electron chi connectivity index (χ1n) is 6.87. The number of alkyl halides is 1. The molecule has 1 heterocycles. The van der Waals surface area contributed by atoms with E-state index in [0.29, 0.717) is 22.4 Å². The van der Waals surface area contributed by atoms with Crippen LogP contribution in [-0.4, -0.2) is 18.1 Å². The van der Waals surface area contributed by atoms with Crippen LogP contribution >= 0.6 is 23.2 Å². The molecule has 4 heteroatoms. The Hall–Kier alpha value is -0.470. The third-order valence-electron chi connectivity index (χ3n) is 4.25. The molecule has 0 N–H and O–H groups in total. The molecule has 1 fully saturated rings. The molecule has 2 rings (SSSR count). The number of hydrogen-bond donors (Lipinski definition) is 0. The summed E-state index contributed by atoms with van der Waals surface area (Å²) in [5.41, 5.74) is 1.26. The number of anilines is 1. The van der Waals surface area contributed by atoms with Crippen LogP contribution < -0.4 is 4.90 Å². The van der Waals surface area contributed by atoms with E-state index in [4.69, 9.17) is 23.2 Å². The van der Waals surface area contributed by atoms with Crippen molar-refractivity contribution in [3.8, 4) is 0 Å². The van der Waals surface area contributed by atoms with E-state index in [9.17, 15) is 0 Å². The number of pyridine rings is 1. The molecule has 0 aromatic carbocycles. The Morgan fingerprint density at radius 3 is 2.53 bits per heavy atom. The molecule has 1 aromatic rings. The van der Waals surface area contributed by atoms with Crippen LogP contribution in [0.3, 0.4) is 0 Å². The smallest absolute Gasteiger partial charge is 0.128 e. The average Bonchev–Trinajstić information content (AvgIpc) is 2.38. The summed E-state index contributed by atoms with van der Waals surface area (Å²) in [5, 5.41) is 0.650. The van der Waals surface area contributed by atoms with Gasteiger partial charge in [0.25, 0.3) is 0 Å². The minimum atomic E-state index is 0.359. The van der Waals surface area contributed by atoms with E-state index in [1.54, 1.807) is 0 Å². The van der Waals surface area contributed by atoms with Crippen LogP contribution in [0.4, 0.5) is 5.82 Å². The molecule has 0 radical (unpaired) electrons. The maximum Gasteiger partial charge on any atom is 0.128 e. The Bertz CT molecular complexity index is 436. The second kappa shape index (κ2) is 5.88. The molecule has 0 unspecified atom stereocenters. The molecular formula is C15H22Cl2N2. The highest BCUT2D eigenvalue weighted by molar-refractivity contribution is 6.32. The van der Waals surface area contributed by atoms with Crippen molar-refractivity contribution >= 4 is 29.0 Å². The van der Waals surface area contributed by atoms with Crippen LogP contribution in [0, 0.1) is 5.41 Å². The van der Waals surface area contributed by atoms with Gasteiger partial charge in [0, 0.05) is 13.1 Å². The van der Waals surface area contributed by atoms with Crippen molar-refractivity contribution in [1.29, 1.82) is 0 Å². The molecule has 0 saturated heterocycles. The first-order valence-corrected chi connectivity index (χ1v) is 7.78. The summed E-state index contributed by atoms with van der Waals surface area (Å²) in [7, 11) is 2.12. The fourth-order valence-electron chi connectivity index (χ4n) is 2.72. The van der Waals surface area contributed by atoms with Gasteiger partial charge in [-0.2, -0.15) is 0 Å². The zero-order valence-corrected chi connectivity index (χ0v) is 13.4. The van der Waals surface area contributed by atoms with Crippen LogP contribution in [0.25, 0.3) is 0 Å². The second-order valence-electron chi connectivity index (χ2n) is 6.24. The second-order valence-corrected chi connectivity index (χ2v) is 6.91. The Balaban J connectivity index is 2.10. The third kappa shape index (κ3) is 3.55. The molecule has 0 amide bonds. The van der Waals surface area contributed by atoms with Gasteiger partial charge in [-0.3, -0.25) is 0 Å². The predicted octanol–water partition coefficient (Wildman–Crippen LogP) is 4.88. The molecular weight excluding hydrogens is 279 g/mol. The molecule has 1 aliphatic carbocycles. The van der Waals surface area contributed by atoms with Gasteiger partial charge in [0.2, 0.25) is 0 Å². The summed E-state index contributed by atoms with van der Waals surface area (Å²) in [6.07, 6.45) is 5.00. The molecule has 0 spiro atoms. The lowest BCUT2D eigenvalue weighted by Crippen LogP contribution is -2.37. The van der Waals surface area contributed by atoms with E-state index in [-0.39, 0.29) is 0 Å². The van der Waals surface area contributed by atoms with Gasteiger partial charge in [-0.15, -0.1) is 11.6 Å². The van der Waals surface area contributed by atoms with E-state index in [2.05, 4.69) is 30.8 Å². The summed E-state index contributed by atoms with van der Waals surface area (Å²) in [4.78, 5) is 6.84. The van der Waals surface area contributed by atoms with Gasteiger partial charge in [0.15, 0.2) is 0 Å². The lowest BCUT2D eigenvalue weighted by atomic mass is 9.75. The standard InChI is InChI=1S/C15H22Cl2N2/c1-15(2)8-6-11(7-9-15)19(3)14-5-4-12(17)13(10-16)18-14/h4-5,11H,6-10H2,1-3H3. The third-order valence-corrected chi connectivity index (χ3v) is 4.85. The van der Waals surface area contributed by atoms with Gasteiger partial charge >= 0.3 is 0 Å². The first-order chi connectivity index (χ1) is 8.93. The van der Waals surface area contributed by atoms with Crippen molar-refractivity contribution in [2.45, 2.75) is 51.5 Å². The zero-order chi connectivity index (χ0) is 14.0. The number of halogens is 2. The highest BCUT2D eigenvalue weighted by Crippen LogP contribution is 2.37. The maximum absolute atomic E-state index is 6.06. The largest absolute Gasteiger partial charge is 0.357 e. The number of rotatable bonds is 3. The number of hydrogen-bond acceptors (Lipinski definition) is 2.